The Kier molecular flexibility index (Phi) is 5.79. The van der Waals surface area contributed by atoms with Crippen molar-refractivity contribution in [1.29, 1.82) is 0 Å². The second-order valence-electron chi connectivity index (χ2n) is 6.71. The molecule has 3 heterocycles. The number of aromatic nitrogens is 5. The maximum Gasteiger partial charge on any atom is 0.259 e. The van der Waals surface area contributed by atoms with Crippen LogP contribution in [-0.2, 0) is 4.79 Å². The molecule has 0 aliphatic carbocycles. The van der Waals surface area contributed by atoms with Gasteiger partial charge in [-0.2, -0.15) is 4.98 Å². The topological polar surface area (TPSA) is 116 Å². The monoisotopic (exact) mass is 438 g/mol. The van der Waals surface area contributed by atoms with Gasteiger partial charge in [-0.3, -0.25) is 14.6 Å². The second-order valence-corrected chi connectivity index (χ2v) is 6.71. The van der Waals surface area contributed by atoms with Gasteiger partial charge in [-0.1, -0.05) is 12.1 Å². The van der Waals surface area contributed by atoms with Gasteiger partial charge in [-0.25, -0.2) is 13.8 Å². The lowest BCUT2D eigenvalue weighted by molar-refractivity contribution is -0.119. The van der Waals surface area contributed by atoms with Crippen molar-refractivity contribution in [2.75, 3.05) is 5.32 Å². The molecule has 1 unspecified atom stereocenters. The number of hydrogen-bond donors (Lipinski definition) is 1. The summed E-state index contributed by atoms with van der Waals surface area (Å²) in [6, 6.07) is 4.45. The Balaban J connectivity index is 1.64. The van der Waals surface area contributed by atoms with Crippen LogP contribution in [-0.4, -0.2) is 30.6 Å². The number of pyridine rings is 1. The van der Waals surface area contributed by atoms with E-state index >= 15 is 0 Å². The molecule has 0 bridgehead atoms. The van der Waals surface area contributed by atoms with Gasteiger partial charge in [0.2, 0.25) is 11.7 Å². The van der Waals surface area contributed by atoms with E-state index in [0.717, 1.165) is 18.2 Å². The van der Waals surface area contributed by atoms with Crippen LogP contribution in [0.25, 0.3) is 23.0 Å². The molecular formula is C21H16F2N6O3. The predicted molar refractivity (Wildman–Crippen MR) is 109 cm³/mol. The van der Waals surface area contributed by atoms with Crippen LogP contribution in [0.1, 0.15) is 19.4 Å². The normalized spacial score (nSPS) is 11.8. The molecule has 0 aliphatic heterocycles. The van der Waals surface area contributed by atoms with Crippen LogP contribution < -0.4 is 10.9 Å². The zero-order valence-corrected chi connectivity index (χ0v) is 16.7. The zero-order valence-electron chi connectivity index (χ0n) is 16.7. The number of nitrogens with one attached hydrogen (secondary N) is 1. The van der Waals surface area contributed by atoms with Gasteiger partial charge in [0, 0.05) is 30.7 Å². The number of halogens is 2. The lowest BCUT2D eigenvalue weighted by atomic mass is 10.1. The first kappa shape index (κ1) is 21.0. The number of amides is 1. The molecule has 11 heteroatoms. The van der Waals surface area contributed by atoms with Crippen LogP contribution in [0, 0.1) is 11.6 Å². The van der Waals surface area contributed by atoms with Crippen LogP contribution in [0.5, 0.6) is 0 Å². The average molecular weight is 438 g/mol. The summed E-state index contributed by atoms with van der Waals surface area (Å²) in [6.45, 7) is 1.68. The molecule has 4 aromatic rings. The Bertz CT molecular complexity index is 1320. The van der Waals surface area contributed by atoms with Gasteiger partial charge >= 0.3 is 0 Å². The quantitative estimate of drug-likeness (QED) is 0.491. The third kappa shape index (κ3) is 4.26. The van der Waals surface area contributed by atoms with Crippen molar-refractivity contribution >= 4 is 11.6 Å². The van der Waals surface area contributed by atoms with Gasteiger partial charge in [0.15, 0.2) is 0 Å². The molecular weight excluding hydrogens is 422 g/mol. The van der Waals surface area contributed by atoms with E-state index in [1.165, 1.54) is 41.5 Å². The van der Waals surface area contributed by atoms with Crippen molar-refractivity contribution in [2.45, 2.75) is 19.4 Å². The summed E-state index contributed by atoms with van der Waals surface area (Å²) in [5.74, 6) is -1.87. The van der Waals surface area contributed by atoms with E-state index in [1.54, 1.807) is 6.92 Å². The summed E-state index contributed by atoms with van der Waals surface area (Å²) in [7, 11) is 0. The lowest BCUT2D eigenvalue weighted by Crippen LogP contribution is -2.32. The van der Waals surface area contributed by atoms with Crippen molar-refractivity contribution in [1.82, 2.24) is 24.7 Å². The molecule has 1 atom stereocenters. The SMILES string of the molecule is CCC(C(=O)Nc1cc(F)ccc1F)n1cc(-c2nc(-c3cnccn3)no2)ccc1=O. The third-order valence-electron chi connectivity index (χ3n) is 4.61. The summed E-state index contributed by atoms with van der Waals surface area (Å²) in [5.41, 5.74) is 0.00137. The van der Waals surface area contributed by atoms with E-state index in [2.05, 4.69) is 25.4 Å². The van der Waals surface area contributed by atoms with E-state index in [1.807, 2.05) is 0 Å². The van der Waals surface area contributed by atoms with Gasteiger partial charge in [0.1, 0.15) is 23.4 Å². The molecule has 32 heavy (non-hydrogen) atoms. The van der Waals surface area contributed by atoms with Crippen molar-refractivity contribution < 1.29 is 18.1 Å². The Morgan fingerprint density at radius 2 is 2.06 bits per heavy atom. The largest absolute Gasteiger partial charge is 0.333 e. The summed E-state index contributed by atoms with van der Waals surface area (Å²) < 4.78 is 33.8. The predicted octanol–water partition coefficient (Wildman–Crippen LogP) is 3.22. The van der Waals surface area contributed by atoms with E-state index in [0.29, 0.717) is 11.3 Å². The van der Waals surface area contributed by atoms with Crippen LogP contribution >= 0.6 is 0 Å². The van der Waals surface area contributed by atoms with Gasteiger partial charge < -0.3 is 14.4 Å². The van der Waals surface area contributed by atoms with Gasteiger partial charge in [0.05, 0.1) is 17.4 Å². The first-order valence-corrected chi connectivity index (χ1v) is 9.55. The number of rotatable bonds is 6. The highest BCUT2D eigenvalue weighted by Gasteiger charge is 2.22. The summed E-state index contributed by atoms with van der Waals surface area (Å²) in [4.78, 5) is 37.5. The second kappa shape index (κ2) is 8.84. The molecule has 0 radical (unpaired) electrons. The highest BCUT2D eigenvalue weighted by Crippen LogP contribution is 2.22. The minimum Gasteiger partial charge on any atom is -0.333 e. The molecule has 4 rings (SSSR count). The molecule has 1 amide bonds. The number of carbonyl (C=O) groups is 1. The maximum absolute atomic E-state index is 13.9. The summed E-state index contributed by atoms with van der Waals surface area (Å²) in [6.07, 6.45) is 6.06. The fourth-order valence-corrected chi connectivity index (χ4v) is 3.05. The minimum absolute atomic E-state index is 0.103. The van der Waals surface area contributed by atoms with Crippen LogP contribution in [0.2, 0.25) is 0 Å². The van der Waals surface area contributed by atoms with Crippen LogP contribution in [0.4, 0.5) is 14.5 Å². The van der Waals surface area contributed by atoms with Crippen molar-refractivity contribution in [2.24, 2.45) is 0 Å². The summed E-state index contributed by atoms with van der Waals surface area (Å²) >= 11 is 0. The Morgan fingerprint density at radius 1 is 1.22 bits per heavy atom. The van der Waals surface area contributed by atoms with Crippen molar-refractivity contribution in [3.8, 4) is 23.0 Å². The lowest BCUT2D eigenvalue weighted by Gasteiger charge is -2.18. The molecule has 0 spiro atoms. The summed E-state index contributed by atoms with van der Waals surface area (Å²) in [5, 5.41) is 6.19. The fraction of sp³-hybridized carbons (Fsp3) is 0.143. The average Bonchev–Trinajstić information content (AvgIpc) is 3.29. The Labute approximate surface area is 179 Å². The Morgan fingerprint density at radius 3 is 2.81 bits per heavy atom. The molecule has 1 N–H and O–H groups in total. The van der Waals surface area contributed by atoms with Crippen LogP contribution in [0.3, 0.4) is 0 Å². The number of nitrogens with zero attached hydrogens (tertiary/aromatic N) is 5. The first-order chi connectivity index (χ1) is 15.5. The molecule has 0 fully saturated rings. The van der Waals surface area contributed by atoms with Gasteiger partial charge in [-0.15, -0.1) is 0 Å². The smallest absolute Gasteiger partial charge is 0.259 e. The molecule has 0 saturated carbocycles. The number of anilines is 1. The molecule has 162 valence electrons. The van der Waals surface area contributed by atoms with Crippen molar-refractivity contribution in [3.63, 3.8) is 0 Å². The van der Waals surface area contributed by atoms with E-state index in [4.69, 9.17) is 4.52 Å². The third-order valence-corrected chi connectivity index (χ3v) is 4.61. The van der Waals surface area contributed by atoms with Crippen molar-refractivity contribution in [3.05, 3.63) is 77.1 Å². The maximum atomic E-state index is 13.9. The fourth-order valence-electron chi connectivity index (χ4n) is 3.05. The molecule has 3 aromatic heterocycles. The van der Waals surface area contributed by atoms with Crippen LogP contribution in [0.15, 0.2) is 64.4 Å². The molecule has 1 aromatic carbocycles. The highest BCUT2D eigenvalue weighted by molar-refractivity contribution is 5.93. The standard InChI is InChI=1S/C21H16F2N6O3/c1-2-17(20(31)26-15-9-13(22)4-5-14(15)23)29-11-12(3-6-18(29)30)21-27-19(28-32-21)16-10-24-7-8-25-16/h3-11,17H,2H2,1H3,(H,26,31). The number of benzene rings is 1. The number of hydrogen-bond acceptors (Lipinski definition) is 7. The highest BCUT2D eigenvalue weighted by atomic mass is 19.1. The minimum atomic E-state index is -0.993. The van der Waals surface area contributed by atoms with E-state index < -0.39 is 29.1 Å². The van der Waals surface area contributed by atoms with Gasteiger partial charge in [0.25, 0.3) is 11.4 Å². The van der Waals surface area contributed by atoms with E-state index in [-0.39, 0.29) is 23.8 Å². The Hall–Kier alpha value is -4.28. The number of carbonyl (C=O) groups excluding carboxylic acids is 1. The molecule has 0 aliphatic rings. The molecule has 9 nitrogen and oxygen atoms in total. The van der Waals surface area contributed by atoms with E-state index in [9.17, 15) is 18.4 Å². The van der Waals surface area contributed by atoms with Gasteiger partial charge in [-0.05, 0) is 24.6 Å². The first-order valence-electron chi connectivity index (χ1n) is 9.55. The zero-order chi connectivity index (χ0) is 22.7. The molecule has 0 saturated heterocycles.